The first-order chi connectivity index (χ1) is 8.02. The van der Waals surface area contributed by atoms with E-state index < -0.39 is 6.10 Å². The Hall–Kier alpha value is -1.26. The van der Waals surface area contributed by atoms with Gasteiger partial charge in [-0.05, 0) is 38.1 Å². The minimum Gasteiger partial charge on any atom is -0.392 e. The van der Waals surface area contributed by atoms with Crippen molar-refractivity contribution in [1.29, 1.82) is 0 Å². The molecular weight excluding hydrogens is 240 g/mol. The van der Waals surface area contributed by atoms with Crippen molar-refractivity contribution in [1.82, 2.24) is 4.90 Å². The first-order valence-electron chi connectivity index (χ1n) is 5.52. The molecule has 0 fully saturated rings. The number of hydrogen-bond acceptors (Lipinski definition) is 2. The molecule has 0 unspecified atom stereocenters. The van der Waals surface area contributed by atoms with Gasteiger partial charge in [-0.2, -0.15) is 0 Å². The van der Waals surface area contributed by atoms with E-state index >= 15 is 0 Å². The monoisotopic (exact) mass is 256 g/mol. The molecule has 1 aromatic rings. The van der Waals surface area contributed by atoms with E-state index in [2.05, 4.69) is 5.32 Å². The Kier molecular flexibility index (Phi) is 5.25. The van der Waals surface area contributed by atoms with Gasteiger partial charge in [-0.25, -0.2) is 4.79 Å². The number of aliphatic hydroxyl groups excluding tert-OH is 1. The number of nitrogens with one attached hydrogen (secondary N) is 1. The summed E-state index contributed by atoms with van der Waals surface area (Å²) < 4.78 is 0. The summed E-state index contributed by atoms with van der Waals surface area (Å²) in [5.74, 6) is 0. The van der Waals surface area contributed by atoms with E-state index in [0.717, 1.165) is 0 Å². The SMILES string of the molecule is CCN(C[C@H](C)O)C(=O)Nc1ccc(Cl)cc1. The third kappa shape index (κ3) is 4.63. The second-order valence-corrected chi connectivity index (χ2v) is 4.26. The molecule has 0 aromatic heterocycles. The highest BCUT2D eigenvalue weighted by Gasteiger charge is 2.13. The molecule has 2 amide bonds. The van der Waals surface area contributed by atoms with E-state index in [1.165, 1.54) is 0 Å². The predicted molar refractivity (Wildman–Crippen MR) is 69.4 cm³/mol. The van der Waals surface area contributed by atoms with Gasteiger partial charge >= 0.3 is 6.03 Å². The molecule has 0 spiro atoms. The molecule has 0 saturated carbocycles. The molecule has 0 radical (unpaired) electrons. The second kappa shape index (κ2) is 6.47. The molecule has 5 heteroatoms. The maximum Gasteiger partial charge on any atom is 0.321 e. The lowest BCUT2D eigenvalue weighted by molar-refractivity contribution is 0.141. The quantitative estimate of drug-likeness (QED) is 0.870. The number of hydrogen-bond donors (Lipinski definition) is 2. The molecule has 0 bridgehead atoms. The van der Waals surface area contributed by atoms with Gasteiger partial charge in [-0.3, -0.25) is 0 Å². The molecule has 0 aliphatic rings. The van der Waals surface area contributed by atoms with Gasteiger partial charge in [-0.1, -0.05) is 11.6 Å². The van der Waals surface area contributed by atoms with Gasteiger partial charge in [0.2, 0.25) is 0 Å². The fourth-order valence-corrected chi connectivity index (χ4v) is 1.54. The lowest BCUT2D eigenvalue weighted by Gasteiger charge is -2.22. The van der Waals surface area contributed by atoms with Gasteiger partial charge in [0.15, 0.2) is 0 Å². The van der Waals surface area contributed by atoms with Crippen LogP contribution in [-0.2, 0) is 0 Å². The average Bonchev–Trinajstić information content (AvgIpc) is 2.28. The Morgan fingerprint density at radius 3 is 2.53 bits per heavy atom. The van der Waals surface area contributed by atoms with E-state index in [-0.39, 0.29) is 6.03 Å². The lowest BCUT2D eigenvalue weighted by atomic mass is 10.3. The molecule has 1 rings (SSSR count). The Balaban J connectivity index is 2.60. The van der Waals surface area contributed by atoms with Crippen LogP contribution in [0.15, 0.2) is 24.3 Å². The van der Waals surface area contributed by atoms with Crippen molar-refractivity contribution in [3.05, 3.63) is 29.3 Å². The number of urea groups is 1. The van der Waals surface area contributed by atoms with E-state index in [0.29, 0.717) is 23.8 Å². The molecule has 0 saturated heterocycles. The van der Waals surface area contributed by atoms with Crippen LogP contribution in [0.2, 0.25) is 5.02 Å². The van der Waals surface area contributed by atoms with Crippen LogP contribution in [0.4, 0.5) is 10.5 Å². The number of aliphatic hydroxyl groups is 1. The summed E-state index contributed by atoms with van der Waals surface area (Å²) in [6.07, 6.45) is -0.536. The smallest absolute Gasteiger partial charge is 0.321 e. The van der Waals surface area contributed by atoms with Gasteiger partial charge in [0, 0.05) is 23.8 Å². The van der Waals surface area contributed by atoms with Gasteiger partial charge < -0.3 is 15.3 Å². The van der Waals surface area contributed by atoms with Crippen LogP contribution >= 0.6 is 11.6 Å². The average molecular weight is 257 g/mol. The van der Waals surface area contributed by atoms with E-state index in [9.17, 15) is 9.90 Å². The number of amides is 2. The Bertz CT molecular complexity index is 365. The number of likely N-dealkylation sites (N-methyl/N-ethyl adjacent to an activating group) is 1. The van der Waals surface area contributed by atoms with Crippen LogP contribution in [0.3, 0.4) is 0 Å². The third-order valence-electron chi connectivity index (χ3n) is 2.25. The summed E-state index contributed by atoms with van der Waals surface area (Å²) >= 11 is 5.75. The van der Waals surface area contributed by atoms with E-state index in [4.69, 9.17) is 11.6 Å². The first kappa shape index (κ1) is 13.8. The van der Waals surface area contributed by atoms with Crippen LogP contribution < -0.4 is 5.32 Å². The molecule has 1 atom stereocenters. The van der Waals surface area contributed by atoms with Gasteiger partial charge in [0.25, 0.3) is 0 Å². The van der Waals surface area contributed by atoms with Crippen LogP contribution in [0.1, 0.15) is 13.8 Å². The maximum absolute atomic E-state index is 11.8. The molecule has 1 aromatic carbocycles. The normalized spacial score (nSPS) is 12.0. The zero-order valence-corrected chi connectivity index (χ0v) is 10.7. The Morgan fingerprint density at radius 2 is 2.06 bits per heavy atom. The van der Waals surface area contributed by atoms with Crippen molar-refractivity contribution < 1.29 is 9.90 Å². The Labute approximate surface area is 106 Å². The van der Waals surface area contributed by atoms with Crippen LogP contribution in [-0.4, -0.2) is 35.2 Å². The van der Waals surface area contributed by atoms with E-state index in [1.807, 2.05) is 6.92 Å². The standard InChI is InChI=1S/C12H17ClN2O2/c1-3-15(8-9(2)16)12(17)14-11-6-4-10(13)5-7-11/h4-7,9,16H,3,8H2,1-2H3,(H,14,17)/t9-/m0/s1. The maximum atomic E-state index is 11.8. The summed E-state index contributed by atoms with van der Waals surface area (Å²) in [4.78, 5) is 13.4. The molecule has 0 aliphatic heterocycles. The van der Waals surface area contributed by atoms with Gasteiger partial charge in [0.05, 0.1) is 6.10 Å². The number of benzene rings is 1. The minimum absolute atomic E-state index is 0.226. The molecule has 17 heavy (non-hydrogen) atoms. The zero-order valence-electron chi connectivity index (χ0n) is 9.98. The highest BCUT2D eigenvalue weighted by Crippen LogP contribution is 2.13. The number of nitrogens with zero attached hydrogens (tertiary/aromatic N) is 1. The topological polar surface area (TPSA) is 52.6 Å². The highest BCUT2D eigenvalue weighted by molar-refractivity contribution is 6.30. The number of carbonyl (C=O) groups excluding carboxylic acids is 1. The van der Waals surface area contributed by atoms with Crippen molar-refractivity contribution in [2.75, 3.05) is 18.4 Å². The summed E-state index contributed by atoms with van der Waals surface area (Å²) in [7, 11) is 0. The highest BCUT2D eigenvalue weighted by atomic mass is 35.5. The summed E-state index contributed by atoms with van der Waals surface area (Å²) in [5.41, 5.74) is 0.684. The van der Waals surface area contributed by atoms with Crippen molar-refractivity contribution in [2.45, 2.75) is 20.0 Å². The second-order valence-electron chi connectivity index (χ2n) is 3.82. The largest absolute Gasteiger partial charge is 0.392 e. The molecule has 94 valence electrons. The van der Waals surface area contributed by atoms with Crippen LogP contribution in [0.5, 0.6) is 0 Å². The van der Waals surface area contributed by atoms with Crippen LogP contribution in [0, 0.1) is 0 Å². The number of halogens is 1. The van der Waals surface area contributed by atoms with Gasteiger partial charge in [-0.15, -0.1) is 0 Å². The fourth-order valence-electron chi connectivity index (χ4n) is 1.41. The van der Waals surface area contributed by atoms with Crippen molar-refractivity contribution in [3.63, 3.8) is 0 Å². The Morgan fingerprint density at radius 1 is 1.47 bits per heavy atom. The zero-order chi connectivity index (χ0) is 12.8. The molecule has 0 heterocycles. The third-order valence-corrected chi connectivity index (χ3v) is 2.50. The summed E-state index contributed by atoms with van der Waals surface area (Å²) in [6, 6.07) is 6.66. The lowest BCUT2D eigenvalue weighted by Crippen LogP contribution is -2.39. The first-order valence-corrected chi connectivity index (χ1v) is 5.90. The summed E-state index contributed by atoms with van der Waals surface area (Å²) in [5, 5.41) is 12.6. The number of carbonyl (C=O) groups is 1. The predicted octanol–water partition coefficient (Wildman–Crippen LogP) is 2.57. The van der Waals surface area contributed by atoms with Crippen molar-refractivity contribution in [3.8, 4) is 0 Å². The fraction of sp³-hybridized carbons (Fsp3) is 0.417. The minimum atomic E-state index is -0.536. The molecule has 0 aliphatic carbocycles. The summed E-state index contributed by atoms with van der Waals surface area (Å²) in [6.45, 7) is 4.38. The van der Waals surface area contributed by atoms with E-state index in [1.54, 1.807) is 36.1 Å². The van der Waals surface area contributed by atoms with Crippen LogP contribution in [0.25, 0.3) is 0 Å². The number of rotatable bonds is 4. The van der Waals surface area contributed by atoms with Crippen molar-refractivity contribution >= 4 is 23.3 Å². The van der Waals surface area contributed by atoms with Gasteiger partial charge in [0.1, 0.15) is 0 Å². The molecule has 2 N–H and O–H groups in total. The van der Waals surface area contributed by atoms with Crippen molar-refractivity contribution in [2.24, 2.45) is 0 Å². The molecule has 4 nitrogen and oxygen atoms in total. The molecular formula is C12H17ClN2O2. The number of anilines is 1.